The lowest BCUT2D eigenvalue weighted by atomic mass is 9.99. The number of phenols is 1. The molecule has 1 aliphatic rings. The molecule has 0 amide bonds. The molecule has 0 fully saturated rings. The highest BCUT2D eigenvalue weighted by atomic mass is 19.1. The van der Waals surface area contributed by atoms with Crippen LogP contribution in [0.4, 0.5) is 10.2 Å². The topological polar surface area (TPSA) is 78.3 Å². The predicted octanol–water partition coefficient (Wildman–Crippen LogP) is 0.481. The number of fused-ring (bicyclic) bond motifs is 1. The minimum Gasteiger partial charge on any atom is -0.508 e. The van der Waals surface area contributed by atoms with E-state index in [1.165, 1.54) is 10.6 Å². The lowest BCUT2D eigenvalue weighted by Gasteiger charge is -2.31. The fourth-order valence-corrected chi connectivity index (χ4v) is 2.65. The summed E-state index contributed by atoms with van der Waals surface area (Å²) in [6.07, 6.45) is 0.529. The second kappa shape index (κ2) is 4.76. The second-order valence-corrected chi connectivity index (χ2v) is 5.09. The van der Waals surface area contributed by atoms with Gasteiger partial charge in [0.05, 0.1) is 0 Å². The largest absolute Gasteiger partial charge is 0.508 e. The Kier molecular flexibility index (Phi) is 3.04. The Labute approximate surface area is 119 Å². The molecule has 0 atom stereocenters. The number of aromatic amines is 1. The summed E-state index contributed by atoms with van der Waals surface area (Å²) >= 11 is 0. The van der Waals surface area contributed by atoms with Crippen molar-refractivity contribution >= 4 is 5.82 Å². The van der Waals surface area contributed by atoms with Crippen molar-refractivity contribution in [1.82, 2.24) is 9.55 Å². The van der Waals surface area contributed by atoms with Crippen LogP contribution >= 0.6 is 0 Å². The number of nitrogens with zero attached hydrogens (tertiary/aromatic N) is 2. The summed E-state index contributed by atoms with van der Waals surface area (Å²) in [6, 6.07) is 3.94. The minimum atomic E-state index is -0.505. The highest BCUT2D eigenvalue weighted by molar-refractivity contribution is 5.46. The highest BCUT2D eigenvalue weighted by Crippen LogP contribution is 2.28. The van der Waals surface area contributed by atoms with E-state index in [1.54, 1.807) is 18.0 Å². The Hall–Kier alpha value is -2.57. The van der Waals surface area contributed by atoms with Gasteiger partial charge in [0.2, 0.25) is 0 Å². The van der Waals surface area contributed by atoms with Crippen LogP contribution < -0.4 is 16.1 Å². The average Bonchev–Trinajstić information content (AvgIpc) is 2.42. The maximum Gasteiger partial charge on any atom is 0.329 e. The van der Waals surface area contributed by atoms with Crippen LogP contribution in [0, 0.1) is 5.82 Å². The number of rotatable bonds is 1. The van der Waals surface area contributed by atoms with E-state index < -0.39 is 17.1 Å². The number of halogens is 1. The number of aromatic hydroxyl groups is 1. The molecule has 110 valence electrons. The van der Waals surface area contributed by atoms with Gasteiger partial charge in [-0.05, 0) is 18.1 Å². The summed E-state index contributed by atoms with van der Waals surface area (Å²) in [5, 5.41) is 9.42. The number of H-pyrrole nitrogens is 1. The highest BCUT2D eigenvalue weighted by Gasteiger charge is 2.22. The molecule has 0 radical (unpaired) electrons. The summed E-state index contributed by atoms with van der Waals surface area (Å²) in [6.45, 7) is 0.783. The van der Waals surface area contributed by atoms with Gasteiger partial charge in [-0.15, -0.1) is 0 Å². The Balaban J connectivity index is 2.05. The van der Waals surface area contributed by atoms with Crippen molar-refractivity contribution in [2.24, 2.45) is 7.05 Å². The molecule has 0 saturated heterocycles. The van der Waals surface area contributed by atoms with Crippen LogP contribution in [0.15, 0.2) is 27.8 Å². The number of benzene rings is 1. The number of hydrogen-bond acceptors (Lipinski definition) is 4. The van der Waals surface area contributed by atoms with Gasteiger partial charge in [0.25, 0.3) is 5.56 Å². The molecule has 2 heterocycles. The maximum absolute atomic E-state index is 14.0. The van der Waals surface area contributed by atoms with Gasteiger partial charge >= 0.3 is 5.69 Å². The van der Waals surface area contributed by atoms with E-state index in [9.17, 15) is 19.1 Å². The first-order valence-electron chi connectivity index (χ1n) is 6.51. The van der Waals surface area contributed by atoms with E-state index in [1.807, 2.05) is 0 Å². The van der Waals surface area contributed by atoms with Crippen LogP contribution in [-0.2, 0) is 20.0 Å². The first-order chi connectivity index (χ1) is 9.95. The van der Waals surface area contributed by atoms with Crippen molar-refractivity contribution in [3.05, 3.63) is 56.0 Å². The van der Waals surface area contributed by atoms with Crippen LogP contribution in [0.3, 0.4) is 0 Å². The molecule has 21 heavy (non-hydrogen) atoms. The molecule has 1 aromatic heterocycles. The fraction of sp³-hybridized carbons (Fsp3) is 0.286. The summed E-state index contributed by atoms with van der Waals surface area (Å²) in [4.78, 5) is 27.0. The van der Waals surface area contributed by atoms with Gasteiger partial charge in [0, 0.05) is 37.8 Å². The SMILES string of the molecule is Cn1c(N2CCc3cc(O)cc(F)c3C2)cc(=O)[nH]c1=O. The molecule has 0 aliphatic carbocycles. The normalized spacial score (nSPS) is 14.1. The maximum atomic E-state index is 14.0. The third kappa shape index (κ3) is 2.31. The van der Waals surface area contributed by atoms with Gasteiger partial charge in [-0.2, -0.15) is 0 Å². The number of phenolic OH excluding ortho intramolecular Hbond substituents is 1. The van der Waals surface area contributed by atoms with Gasteiger partial charge in [-0.25, -0.2) is 9.18 Å². The van der Waals surface area contributed by atoms with Gasteiger partial charge in [0.1, 0.15) is 17.4 Å². The molecular formula is C14H14FN3O3. The number of nitrogens with one attached hydrogen (secondary N) is 1. The van der Waals surface area contributed by atoms with Crippen molar-refractivity contribution in [3.8, 4) is 5.75 Å². The van der Waals surface area contributed by atoms with Crippen LogP contribution in [0.25, 0.3) is 0 Å². The van der Waals surface area contributed by atoms with Gasteiger partial charge in [-0.1, -0.05) is 0 Å². The molecule has 2 aromatic rings. The summed E-state index contributed by atoms with van der Waals surface area (Å²) in [5.74, 6) is -0.130. The van der Waals surface area contributed by atoms with Crippen LogP contribution in [0.1, 0.15) is 11.1 Å². The molecular weight excluding hydrogens is 277 g/mol. The first kappa shape index (κ1) is 13.4. The van der Waals surface area contributed by atoms with E-state index in [-0.39, 0.29) is 12.3 Å². The van der Waals surface area contributed by atoms with Gasteiger partial charge in [-0.3, -0.25) is 14.3 Å². The quantitative estimate of drug-likeness (QED) is 0.801. The van der Waals surface area contributed by atoms with E-state index >= 15 is 0 Å². The molecule has 1 aromatic carbocycles. The van der Waals surface area contributed by atoms with E-state index in [2.05, 4.69) is 4.98 Å². The first-order valence-corrected chi connectivity index (χ1v) is 6.51. The van der Waals surface area contributed by atoms with Crippen molar-refractivity contribution in [1.29, 1.82) is 0 Å². The van der Waals surface area contributed by atoms with Crippen molar-refractivity contribution in [2.45, 2.75) is 13.0 Å². The molecule has 6 nitrogen and oxygen atoms in total. The van der Waals surface area contributed by atoms with Crippen molar-refractivity contribution < 1.29 is 9.50 Å². The van der Waals surface area contributed by atoms with Crippen molar-refractivity contribution in [3.63, 3.8) is 0 Å². The Bertz CT molecular complexity index is 825. The van der Waals surface area contributed by atoms with E-state index in [0.717, 1.165) is 11.6 Å². The Morgan fingerprint density at radius 3 is 2.81 bits per heavy atom. The zero-order valence-electron chi connectivity index (χ0n) is 11.4. The smallest absolute Gasteiger partial charge is 0.329 e. The van der Waals surface area contributed by atoms with E-state index in [4.69, 9.17) is 0 Å². The molecule has 0 unspecified atom stereocenters. The predicted molar refractivity (Wildman–Crippen MR) is 75.1 cm³/mol. The lowest BCUT2D eigenvalue weighted by molar-refractivity contribution is 0.464. The third-order valence-electron chi connectivity index (χ3n) is 3.74. The number of hydrogen-bond donors (Lipinski definition) is 2. The Morgan fingerprint density at radius 2 is 2.05 bits per heavy atom. The monoisotopic (exact) mass is 291 g/mol. The number of anilines is 1. The molecule has 2 N–H and O–H groups in total. The number of aromatic nitrogens is 2. The molecule has 0 saturated carbocycles. The zero-order valence-corrected chi connectivity index (χ0v) is 11.4. The summed E-state index contributed by atoms with van der Waals surface area (Å²) < 4.78 is 15.3. The van der Waals surface area contributed by atoms with Gasteiger partial charge in [0.15, 0.2) is 0 Å². The molecule has 0 spiro atoms. The van der Waals surface area contributed by atoms with Crippen molar-refractivity contribution in [2.75, 3.05) is 11.4 Å². The molecule has 0 bridgehead atoms. The van der Waals surface area contributed by atoms with E-state index in [0.29, 0.717) is 24.3 Å². The van der Waals surface area contributed by atoms with Crippen LogP contribution in [-0.4, -0.2) is 21.2 Å². The summed E-state index contributed by atoms with van der Waals surface area (Å²) in [7, 11) is 1.55. The second-order valence-electron chi connectivity index (χ2n) is 5.09. The van der Waals surface area contributed by atoms with Gasteiger partial charge < -0.3 is 10.0 Å². The summed E-state index contributed by atoms with van der Waals surface area (Å²) in [5.41, 5.74) is 0.241. The van der Waals surface area contributed by atoms with Crippen LogP contribution in [0.2, 0.25) is 0 Å². The molecule has 7 heteroatoms. The molecule has 1 aliphatic heterocycles. The third-order valence-corrected chi connectivity index (χ3v) is 3.74. The minimum absolute atomic E-state index is 0.0942. The van der Waals surface area contributed by atoms with Crippen LogP contribution in [0.5, 0.6) is 5.75 Å². The zero-order chi connectivity index (χ0) is 15.1. The standard InChI is InChI=1S/C14H14FN3O3/c1-17-13(6-12(20)16-14(17)21)18-3-2-8-4-9(19)5-11(15)10(8)7-18/h4-6,19H,2-3,7H2,1H3,(H,16,20,21). The fourth-order valence-electron chi connectivity index (χ4n) is 2.65. The molecule has 3 rings (SSSR count). The Morgan fingerprint density at radius 1 is 1.29 bits per heavy atom. The average molecular weight is 291 g/mol. The lowest BCUT2D eigenvalue weighted by Crippen LogP contribution is -2.38.